The van der Waals surface area contributed by atoms with Crippen molar-refractivity contribution in [2.45, 2.75) is 6.61 Å². The molecular weight excluding hydrogens is 278 g/mol. The molecule has 1 aromatic heterocycles. The summed E-state index contributed by atoms with van der Waals surface area (Å²) in [5, 5.41) is 0.951. The van der Waals surface area contributed by atoms with Crippen molar-refractivity contribution in [3.63, 3.8) is 0 Å². The number of fused-ring (bicyclic) bond motifs is 3. The lowest BCUT2D eigenvalue weighted by atomic mass is 10.0. The Bertz CT molecular complexity index is 902. The molecule has 4 heteroatoms. The Balaban J connectivity index is 1.91. The summed E-state index contributed by atoms with van der Waals surface area (Å²) in [5.41, 5.74) is 2.67. The van der Waals surface area contributed by atoms with Crippen molar-refractivity contribution in [3.8, 4) is 11.5 Å². The number of ketones is 1. The van der Waals surface area contributed by atoms with Crippen molar-refractivity contribution in [1.82, 2.24) is 4.98 Å². The van der Waals surface area contributed by atoms with Crippen LogP contribution in [0.4, 0.5) is 0 Å². The van der Waals surface area contributed by atoms with Crippen molar-refractivity contribution < 1.29 is 14.3 Å². The molecule has 4 rings (SSSR count). The summed E-state index contributed by atoms with van der Waals surface area (Å²) in [6, 6.07) is 14.9. The van der Waals surface area contributed by atoms with E-state index >= 15 is 0 Å². The number of para-hydroxylation sites is 1. The van der Waals surface area contributed by atoms with Gasteiger partial charge in [0, 0.05) is 17.0 Å². The van der Waals surface area contributed by atoms with E-state index in [-0.39, 0.29) is 12.4 Å². The Kier molecular flexibility index (Phi) is 2.82. The maximum absolute atomic E-state index is 12.8. The minimum Gasteiger partial charge on any atom is -0.497 e. The lowest BCUT2D eigenvalue weighted by Gasteiger charge is -2.07. The number of carbonyl (C=O) groups is 1. The zero-order chi connectivity index (χ0) is 15.1. The molecule has 4 nitrogen and oxygen atoms in total. The van der Waals surface area contributed by atoms with Crippen LogP contribution in [0.25, 0.3) is 10.9 Å². The first kappa shape index (κ1) is 12.8. The van der Waals surface area contributed by atoms with E-state index in [4.69, 9.17) is 9.47 Å². The Morgan fingerprint density at radius 2 is 1.95 bits per heavy atom. The van der Waals surface area contributed by atoms with E-state index in [1.807, 2.05) is 30.3 Å². The summed E-state index contributed by atoms with van der Waals surface area (Å²) in [6.45, 7) is 0.270. The average molecular weight is 291 g/mol. The molecule has 22 heavy (non-hydrogen) atoms. The highest BCUT2D eigenvalue weighted by Crippen LogP contribution is 2.32. The Morgan fingerprint density at radius 1 is 1.09 bits per heavy atom. The Labute approximate surface area is 127 Å². The minimum absolute atomic E-state index is 0.0663. The molecular formula is C18H13NO3. The van der Waals surface area contributed by atoms with Gasteiger partial charge in [-0.1, -0.05) is 18.2 Å². The van der Waals surface area contributed by atoms with Crippen LogP contribution in [0.5, 0.6) is 11.5 Å². The van der Waals surface area contributed by atoms with Crippen molar-refractivity contribution in [1.29, 1.82) is 0 Å². The van der Waals surface area contributed by atoms with Gasteiger partial charge in [0.15, 0.2) is 5.78 Å². The second-order valence-electron chi connectivity index (χ2n) is 5.16. The topological polar surface area (TPSA) is 48.4 Å². The number of rotatable bonds is 1. The second-order valence-corrected chi connectivity index (χ2v) is 5.16. The highest BCUT2D eigenvalue weighted by Gasteiger charge is 2.24. The average Bonchev–Trinajstić information content (AvgIpc) is 2.70. The smallest absolute Gasteiger partial charge is 0.198 e. The van der Waals surface area contributed by atoms with E-state index in [0.717, 1.165) is 10.9 Å². The number of hydrogen-bond donors (Lipinski definition) is 0. The first-order chi connectivity index (χ1) is 10.8. The van der Waals surface area contributed by atoms with Crippen molar-refractivity contribution >= 4 is 16.7 Å². The van der Waals surface area contributed by atoms with Crippen LogP contribution in [0, 0.1) is 0 Å². The lowest BCUT2D eigenvalue weighted by molar-refractivity contribution is 0.103. The molecule has 2 aromatic carbocycles. The Hall–Kier alpha value is -2.88. The number of nitrogens with zero attached hydrogens (tertiary/aromatic N) is 1. The van der Waals surface area contributed by atoms with Crippen LogP contribution in [-0.4, -0.2) is 17.9 Å². The first-order valence-electron chi connectivity index (χ1n) is 7.00. The maximum atomic E-state index is 12.8. The summed E-state index contributed by atoms with van der Waals surface area (Å²) < 4.78 is 11.0. The highest BCUT2D eigenvalue weighted by atomic mass is 16.5. The maximum Gasteiger partial charge on any atom is 0.198 e. The molecule has 1 aliphatic rings. The number of pyridine rings is 1. The van der Waals surface area contributed by atoms with Gasteiger partial charge < -0.3 is 9.47 Å². The predicted molar refractivity (Wildman–Crippen MR) is 82.5 cm³/mol. The molecule has 0 spiro atoms. The SMILES string of the molecule is COc1ccc2c(c1)OCc1nc3ccccc3cc1C2=O. The monoisotopic (exact) mass is 291 g/mol. The molecule has 0 atom stereocenters. The van der Waals surface area contributed by atoms with Crippen LogP contribution in [0.3, 0.4) is 0 Å². The van der Waals surface area contributed by atoms with E-state index in [9.17, 15) is 4.79 Å². The molecule has 0 fully saturated rings. The third-order valence-corrected chi connectivity index (χ3v) is 3.85. The van der Waals surface area contributed by atoms with Crippen molar-refractivity contribution in [3.05, 3.63) is 65.4 Å². The fourth-order valence-corrected chi connectivity index (χ4v) is 2.69. The second kappa shape index (κ2) is 4.84. The van der Waals surface area contributed by atoms with Crippen molar-refractivity contribution in [2.75, 3.05) is 7.11 Å². The number of ether oxygens (including phenoxy) is 2. The van der Waals surface area contributed by atoms with Crippen LogP contribution >= 0.6 is 0 Å². The van der Waals surface area contributed by atoms with Crippen LogP contribution in [-0.2, 0) is 6.61 Å². The third kappa shape index (κ3) is 1.92. The molecule has 0 amide bonds. The van der Waals surface area contributed by atoms with Gasteiger partial charge in [-0.25, -0.2) is 4.98 Å². The normalized spacial score (nSPS) is 13.0. The number of benzene rings is 2. The summed E-state index contributed by atoms with van der Waals surface area (Å²) in [7, 11) is 1.59. The standard InChI is InChI=1S/C18H13NO3/c1-21-12-6-7-13-17(9-12)22-10-16-14(18(13)20)8-11-4-2-3-5-15(11)19-16/h2-9H,10H2,1H3. The quantitative estimate of drug-likeness (QED) is 0.689. The first-order valence-corrected chi connectivity index (χ1v) is 7.00. The van der Waals surface area contributed by atoms with Gasteiger partial charge in [0.1, 0.15) is 18.1 Å². The van der Waals surface area contributed by atoms with E-state index < -0.39 is 0 Å². The summed E-state index contributed by atoms with van der Waals surface area (Å²) in [6.07, 6.45) is 0. The van der Waals surface area contributed by atoms with E-state index in [0.29, 0.717) is 28.3 Å². The molecule has 2 heterocycles. The van der Waals surface area contributed by atoms with Gasteiger partial charge in [-0.05, 0) is 24.3 Å². The van der Waals surface area contributed by atoms with E-state index in [1.165, 1.54) is 0 Å². The van der Waals surface area contributed by atoms with Crippen LogP contribution in [0.15, 0.2) is 48.5 Å². The molecule has 0 saturated carbocycles. The van der Waals surface area contributed by atoms with Gasteiger partial charge in [0.2, 0.25) is 0 Å². The molecule has 0 unspecified atom stereocenters. The molecule has 0 N–H and O–H groups in total. The number of carbonyl (C=O) groups excluding carboxylic acids is 1. The number of aromatic nitrogens is 1. The fraction of sp³-hybridized carbons (Fsp3) is 0.111. The molecule has 3 aromatic rings. The van der Waals surface area contributed by atoms with Crippen LogP contribution in [0.2, 0.25) is 0 Å². The van der Waals surface area contributed by atoms with Gasteiger partial charge in [-0.15, -0.1) is 0 Å². The van der Waals surface area contributed by atoms with Gasteiger partial charge in [0.05, 0.1) is 23.9 Å². The van der Waals surface area contributed by atoms with Gasteiger partial charge in [-0.3, -0.25) is 4.79 Å². The zero-order valence-corrected chi connectivity index (χ0v) is 12.0. The predicted octanol–water partition coefficient (Wildman–Crippen LogP) is 3.37. The summed E-state index contributed by atoms with van der Waals surface area (Å²) in [5.74, 6) is 1.13. The summed E-state index contributed by atoms with van der Waals surface area (Å²) in [4.78, 5) is 17.4. The Morgan fingerprint density at radius 3 is 2.82 bits per heavy atom. The zero-order valence-electron chi connectivity index (χ0n) is 12.0. The van der Waals surface area contributed by atoms with E-state index in [1.54, 1.807) is 25.3 Å². The van der Waals surface area contributed by atoms with Crippen molar-refractivity contribution in [2.24, 2.45) is 0 Å². The van der Waals surface area contributed by atoms with Gasteiger partial charge >= 0.3 is 0 Å². The van der Waals surface area contributed by atoms with Gasteiger partial charge in [-0.2, -0.15) is 0 Å². The molecule has 0 bridgehead atoms. The fourth-order valence-electron chi connectivity index (χ4n) is 2.69. The lowest BCUT2D eigenvalue weighted by Crippen LogP contribution is -2.05. The highest BCUT2D eigenvalue weighted by molar-refractivity contribution is 6.13. The molecule has 0 saturated heterocycles. The third-order valence-electron chi connectivity index (χ3n) is 3.85. The van der Waals surface area contributed by atoms with E-state index in [2.05, 4.69) is 4.98 Å². The number of methoxy groups -OCH3 is 1. The summed E-state index contributed by atoms with van der Waals surface area (Å²) >= 11 is 0. The largest absolute Gasteiger partial charge is 0.497 e. The number of hydrogen-bond acceptors (Lipinski definition) is 4. The minimum atomic E-state index is -0.0663. The molecule has 108 valence electrons. The molecule has 1 aliphatic heterocycles. The molecule has 0 aliphatic carbocycles. The van der Waals surface area contributed by atoms with Crippen LogP contribution < -0.4 is 9.47 Å². The van der Waals surface area contributed by atoms with Crippen LogP contribution in [0.1, 0.15) is 21.6 Å². The van der Waals surface area contributed by atoms with Gasteiger partial charge in [0.25, 0.3) is 0 Å². The molecule has 0 radical (unpaired) electrons.